The second kappa shape index (κ2) is 4.32. The third-order valence-electron chi connectivity index (χ3n) is 2.18. The highest BCUT2D eigenvalue weighted by atomic mass is 35.5. The number of nitrogens with one attached hydrogen (secondary N) is 2. The highest BCUT2D eigenvalue weighted by Gasteiger charge is 2.19. The van der Waals surface area contributed by atoms with E-state index in [9.17, 15) is 8.42 Å². The molecule has 0 amide bonds. The molecule has 0 atom stereocenters. The molecule has 8 heteroatoms. The number of halogens is 1. The topological polar surface area (TPSA) is 74.8 Å². The fourth-order valence-corrected chi connectivity index (χ4v) is 3.99. The van der Waals surface area contributed by atoms with Crippen molar-refractivity contribution in [1.29, 1.82) is 0 Å². The first kappa shape index (κ1) is 12.4. The minimum atomic E-state index is -3.58. The summed E-state index contributed by atoms with van der Waals surface area (Å²) in [6.07, 6.45) is 0. The lowest BCUT2D eigenvalue weighted by Gasteiger charge is -2.05. The summed E-state index contributed by atoms with van der Waals surface area (Å²) < 4.78 is 27.1. The molecule has 17 heavy (non-hydrogen) atoms. The van der Waals surface area contributed by atoms with Crippen LogP contribution in [0.4, 0.5) is 5.69 Å². The second-order valence-corrected chi connectivity index (χ2v) is 7.10. The summed E-state index contributed by atoms with van der Waals surface area (Å²) in [5, 5.41) is 6.64. The minimum Gasteiger partial charge on any atom is -0.280 e. The zero-order chi connectivity index (χ0) is 12.6. The summed E-state index contributed by atoms with van der Waals surface area (Å²) in [4.78, 5) is 0. The average molecular weight is 292 g/mol. The summed E-state index contributed by atoms with van der Waals surface area (Å²) in [6.45, 7) is 3.47. The Balaban J connectivity index is 2.36. The maximum absolute atomic E-state index is 12.0. The van der Waals surface area contributed by atoms with E-state index < -0.39 is 10.0 Å². The second-order valence-electron chi connectivity index (χ2n) is 3.47. The van der Waals surface area contributed by atoms with E-state index in [1.807, 2.05) is 0 Å². The van der Waals surface area contributed by atoms with Gasteiger partial charge >= 0.3 is 0 Å². The van der Waals surface area contributed by atoms with Gasteiger partial charge in [-0.15, -0.1) is 11.3 Å². The number of hydrogen-bond acceptors (Lipinski definition) is 4. The third kappa shape index (κ3) is 2.46. The molecule has 2 rings (SSSR count). The van der Waals surface area contributed by atoms with E-state index in [2.05, 4.69) is 14.9 Å². The molecule has 0 fully saturated rings. The Bertz CT molecular complexity index is 626. The number of rotatable bonds is 3. The summed E-state index contributed by atoms with van der Waals surface area (Å²) in [5.41, 5.74) is 1.76. The van der Waals surface area contributed by atoms with Crippen LogP contribution >= 0.6 is 22.9 Å². The number of thiophene rings is 1. The van der Waals surface area contributed by atoms with Crippen molar-refractivity contribution in [2.75, 3.05) is 4.72 Å². The van der Waals surface area contributed by atoms with Crippen LogP contribution in [0, 0.1) is 13.8 Å². The Kier molecular flexibility index (Phi) is 3.15. The number of H-pyrrole nitrogens is 1. The number of aromatic amines is 1. The molecule has 2 aromatic rings. The lowest BCUT2D eigenvalue weighted by molar-refractivity contribution is 0.603. The standard InChI is InChI=1S/C9H10ClN3O2S2/c1-5-9(6(2)12-11-5)13-17(14,15)8-4-3-7(10)16-8/h3-4,13H,1-2H3,(H,11,12). The quantitative estimate of drug-likeness (QED) is 0.912. The van der Waals surface area contributed by atoms with E-state index in [4.69, 9.17) is 11.6 Å². The average Bonchev–Trinajstić information content (AvgIpc) is 2.80. The lowest BCUT2D eigenvalue weighted by Crippen LogP contribution is -2.12. The minimum absolute atomic E-state index is 0.183. The molecule has 0 aliphatic rings. The molecule has 0 unspecified atom stereocenters. The summed E-state index contributed by atoms with van der Waals surface area (Å²) in [6, 6.07) is 3.02. The maximum atomic E-state index is 12.0. The van der Waals surface area contributed by atoms with Crippen LogP contribution in [0.5, 0.6) is 0 Å². The fourth-order valence-electron chi connectivity index (χ4n) is 1.33. The third-order valence-corrected chi connectivity index (χ3v) is 5.25. The van der Waals surface area contributed by atoms with Gasteiger partial charge in [-0.25, -0.2) is 8.42 Å². The van der Waals surface area contributed by atoms with Crippen molar-refractivity contribution in [3.05, 3.63) is 27.9 Å². The van der Waals surface area contributed by atoms with Gasteiger partial charge in [-0.1, -0.05) is 11.6 Å². The molecule has 2 N–H and O–H groups in total. The van der Waals surface area contributed by atoms with Gasteiger partial charge in [-0.2, -0.15) is 5.10 Å². The lowest BCUT2D eigenvalue weighted by atomic mass is 10.3. The number of hydrogen-bond donors (Lipinski definition) is 2. The molecule has 0 aliphatic carbocycles. The van der Waals surface area contributed by atoms with Crippen LogP contribution in [-0.4, -0.2) is 18.6 Å². The summed E-state index contributed by atoms with van der Waals surface area (Å²) in [7, 11) is -3.58. The molecule has 0 aromatic carbocycles. The number of anilines is 1. The predicted molar refractivity (Wildman–Crippen MR) is 68.2 cm³/mol. The molecule has 0 saturated carbocycles. The van der Waals surface area contributed by atoms with Gasteiger partial charge in [0.1, 0.15) is 4.21 Å². The number of aryl methyl sites for hydroxylation is 2. The van der Waals surface area contributed by atoms with Gasteiger partial charge < -0.3 is 0 Å². The van der Waals surface area contributed by atoms with Gasteiger partial charge in [-0.3, -0.25) is 9.82 Å². The van der Waals surface area contributed by atoms with E-state index in [0.29, 0.717) is 21.4 Å². The molecule has 0 saturated heterocycles. The van der Waals surface area contributed by atoms with Crippen molar-refractivity contribution in [2.24, 2.45) is 0 Å². The van der Waals surface area contributed by atoms with Crippen LogP contribution in [0.2, 0.25) is 4.34 Å². The number of nitrogens with zero attached hydrogens (tertiary/aromatic N) is 1. The molecule has 0 spiro atoms. The van der Waals surface area contributed by atoms with E-state index in [-0.39, 0.29) is 4.21 Å². The Hall–Kier alpha value is -1.05. The van der Waals surface area contributed by atoms with Crippen molar-refractivity contribution in [2.45, 2.75) is 18.1 Å². The molecule has 92 valence electrons. The first-order valence-corrected chi connectivity index (χ1v) is 7.37. The van der Waals surface area contributed by atoms with E-state index in [0.717, 1.165) is 11.3 Å². The zero-order valence-electron chi connectivity index (χ0n) is 9.11. The molecular weight excluding hydrogens is 282 g/mol. The van der Waals surface area contributed by atoms with Crippen molar-refractivity contribution in [1.82, 2.24) is 10.2 Å². The summed E-state index contributed by atoms with van der Waals surface area (Å²) >= 11 is 6.73. The molecule has 2 aromatic heterocycles. The van der Waals surface area contributed by atoms with Crippen LogP contribution in [0.3, 0.4) is 0 Å². The molecule has 0 radical (unpaired) electrons. The Morgan fingerprint density at radius 2 is 2.12 bits per heavy atom. The maximum Gasteiger partial charge on any atom is 0.271 e. The van der Waals surface area contributed by atoms with Crippen LogP contribution in [0.15, 0.2) is 16.3 Å². The fraction of sp³-hybridized carbons (Fsp3) is 0.222. The smallest absolute Gasteiger partial charge is 0.271 e. The largest absolute Gasteiger partial charge is 0.280 e. The van der Waals surface area contributed by atoms with Crippen molar-refractivity contribution >= 4 is 38.6 Å². The summed E-state index contributed by atoms with van der Waals surface area (Å²) in [5.74, 6) is 0. The first-order chi connectivity index (χ1) is 7.90. The highest BCUT2D eigenvalue weighted by Crippen LogP contribution is 2.28. The van der Waals surface area contributed by atoms with Crippen molar-refractivity contribution in [3.8, 4) is 0 Å². The van der Waals surface area contributed by atoms with Crippen LogP contribution in [0.25, 0.3) is 0 Å². The van der Waals surface area contributed by atoms with E-state index in [1.54, 1.807) is 19.9 Å². The molecule has 0 bridgehead atoms. The van der Waals surface area contributed by atoms with Gasteiger partial charge in [0.15, 0.2) is 0 Å². The van der Waals surface area contributed by atoms with E-state index >= 15 is 0 Å². The predicted octanol–water partition coefficient (Wildman–Crippen LogP) is 2.54. The molecule has 5 nitrogen and oxygen atoms in total. The van der Waals surface area contributed by atoms with Crippen LogP contribution in [0.1, 0.15) is 11.4 Å². The molecule has 2 heterocycles. The normalized spacial score (nSPS) is 11.7. The Morgan fingerprint density at radius 1 is 1.41 bits per heavy atom. The Morgan fingerprint density at radius 3 is 2.59 bits per heavy atom. The van der Waals surface area contributed by atoms with Crippen LogP contribution in [-0.2, 0) is 10.0 Å². The van der Waals surface area contributed by atoms with Crippen molar-refractivity contribution in [3.63, 3.8) is 0 Å². The van der Waals surface area contributed by atoms with E-state index in [1.165, 1.54) is 6.07 Å². The monoisotopic (exact) mass is 291 g/mol. The molecular formula is C9H10ClN3O2S2. The van der Waals surface area contributed by atoms with Gasteiger partial charge in [0.25, 0.3) is 10.0 Å². The zero-order valence-corrected chi connectivity index (χ0v) is 11.5. The Labute approximate surface area is 108 Å². The van der Waals surface area contributed by atoms with Gasteiger partial charge in [-0.05, 0) is 26.0 Å². The number of sulfonamides is 1. The highest BCUT2D eigenvalue weighted by molar-refractivity contribution is 7.94. The number of aromatic nitrogens is 2. The molecule has 0 aliphatic heterocycles. The van der Waals surface area contributed by atoms with Gasteiger partial charge in [0, 0.05) is 0 Å². The van der Waals surface area contributed by atoms with Gasteiger partial charge in [0.05, 0.1) is 21.4 Å². The van der Waals surface area contributed by atoms with Gasteiger partial charge in [0.2, 0.25) is 0 Å². The van der Waals surface area contributed by atoms with Crippen LogP contribution < -0.4 is 4.72 Å². The first-order valence-electron chi connectivity index (χ1n) is 4.70. The van der Waals surface area contributed by atoms with Crippen molar-refractivity contribution < 1.29 is 8.42 Å². The SMILES string of the molecule is Cc1n[nH]c(C)c1NS(=O)(=O)c1ccc(Cl)s1.